The summed E-state index contributed by atoms with van der Waals surface area (Å²) in [6.45, 7) is 5.81. The molecule has 0 radical (unpaired) electrons. The molecule has 4 nitrogen and oxygen atoms in total. The predicted octanol–water partition coefficient (Wildman–Crippen LogP) is 7.62. The van der Waals surface area contributed by atoms with Crippen molar-refractivity contribution in [2.45, 2.75) is 65.2 Å². The summed E-state index contributed by atoms with van der Waals surface area (Å²) in [5.74, 6) is 1.44. The van der Waals surface area contributed by atoms with E-state index in [9.17, 15) is 4.79 Å². The highest BCUT2D eigenvalue weighted by Crippen LogP contribution is 2.27. The molecule has 0 aliphatic carbocycles. The van der Waals surface area contributed by atoms with Crippen molar-refractivity contribution in [3.8, 4) is 11.5 Å². The van der Waals surface area contributed by atoms with Crippen LogP contribution in [0.4, 0.5) is 5.69 Å². The maximum Gasteiger partial charge on any atom is 0.255 e. The van der Waals surface area contributed by atoms with Crippen molar-refractivity contribution in [2.24, 2.45) is 0 Å². The zero-order valence-corrected chi connectivity index (χ0v) is 19.8. The lowest BCUT2D eigenvalue weighted by Gasteiger charge is -2.11. The van der Waals surface area contributed by atoms with E-state index < -0.39 is 0 Å². The fourth-order valence-corrected chi connectivity index (χ4v) is 3.52. The van der Waals surface area contributed by atoms with Crippen molar-refractivity contribution in [2.75, 3.05) is 18.5 Å². The highest BCUT2D eigenvalue weighted by molar-refractivity contribution is 9.10. The average molecular weight is 476 g/mol. The van der Waals surface area contributed by atoms with Gasteiger partial charge in [0, 0.05) is 11.3 Å². The van der Waals surface area contributed by atoms with Gasteiger partial charge in [0.25, 0.3) is 5.91 Å². The first kappa shape index (κ1) is 24.3. The molecule has 0 spiro atoms. The van der Waals surface area contributed by atoms with Crippen LogP contribution in [0.2, 0.25) is 0 Å². The molecule has 0 aliphatic heterocycles. The molecule has 164 valence electrons. The standard InChI is InChI=1S/C25H34BrNO3/c1-3-5-7-9-17-29-22-14-12-21(13-15-22)27-25(28)20-11-16-24(23(26)19-20)30-18-10-8-6-4-2/h11-16,19H,3-10,17-18H2,1-2H3,(H,27,28). The van der Waals surface area contributed by atoms with Crippen LogP contribution in [0, 0.1) is 0 Å². The van der Waals surface area contributed by atoms with Crippen molar-refractivity contribution in [3.63, 3.8) is 0 Å². The van der Waals surface area contributed by atoms with Crippen molar-refractivity contribution < 1.29 is 14.3 Å². The smallest absolute Gasteiger partial charge is 0.255 e. The Morgan fingerprint density at radius 1 is 0.833 bits per heavy atom. The van der Waals surface area contributed by atoms with Gasteiger partial charge in [-0.15, -0.1) is 0 Å². The summed E-state index contributed by atoms with van der Waals surface area (Å²) in [4.78, 5) is 12.6. The molecule has 0 atom stereocenters. The van der Waals surface area contributed by atoms with Gasteiger partial charge < -0.3 is 14.8 Å². The third kappa shape index (κ3) is 8.78. The summed E-state index contributed by atoms with van der Waals surface area (Å²) in [7, 11) is 0. The van der Waals surface area contributed by atoms with E-state index in [2.05, 4.69) is 35.1 Å². The second-order valence-electron chi connectivity index (χ2n) is 7.44. The minimum Gasteiger partial charge on any atom is -0.494 e. The van der Waals surface area contributed by atoms with E-state index >= 15 is 0 Å². The summed E-state index contributed by atoms with van der Waals surface area (Å²) in [6, 6.07) is 12.9. The zero-order chi connectivity index (χ0) is 21.6. The monoisotopic (exact) mass is 475 g/mol. The van der Waals surface area contributed by atoms with E-state index in [1.54, 1.807) is 12.1 Å². The van der Waals surface area contributed by atoms with E-state index in [1.807, 2.05) is 30.3 Å². The number of carbonyl (C=O) groups is 1. The Morgan fingerprint density at radius 2 is 1.47 bits per heavy atom. The predicted molar refractivity (Wildman–Crippen MR) is 128 cm³/mol. The minimum atomic E-state index is -0.154. The zero-order valence-electron chi connectivity index (χ0n) is 18.2. The van der Waals surface area contributed by atoms with Crippen molar-refractivity contribution in [1.29, 1.82) is 0 Å². The first-order valence-corrected chi connectivity index (χ1v) is 11.9. The van der Waals surface area contributed by atoms with Gasteiger partial charge in [-0.25, -0.2) is 0 Å². The second-order valence-corrected chi connectivity index (χ2v) is 8.30. The fraction of sp³-hybridized carbons (Fsp3) is 0.480. The van der Waals surface area contributed by atoms with Crippen LogP contribution in [0.25, 0.3) is 0 Å². The van der Waals surface area contributed by atoms with Crippen LogP contribution in [0.15, 0.2) is 46.9 Å². The third-order valence-electron chi connectivity index (χ3n) is 4.83. The summed E-state index contributed by atoms with van der Waals surface area (Å²) in [5, 5.41) is 2.93. The Bertz CT molecular complexity index is 761. The van der Waals surface area contributed by atoms with E-state index in [0.717, 1.165) is 41.1 Å². The fourth-order valence-electron chi connectivity index (χ4n) is 3.03. The number of nitrogens with one attached hydrogen (secondary N) is 1. The number of carbonyl (C=O) groups excluding carboxylic acids is 1. The Hall–Kier alpha value is -2.01. The van der Waals surface area contributed by atoms with Gasteiger partial charge in [-0.1, -0.05) is 52.4 Å². The summed E-state index contributed by atoms with van der Waals surface area (Å²) in [6.07, 6.45) is 9.40. The molecule has 1 N–H and O–H groups in total. The second kappa shape index (κ2) is 14.1. The normalized spacial score (nSPS) is 10.6. The quantitative estimate of drug-likeness (QED) is 0.285. The van der Waals surface area contributed by atoms with Gasteiger partial charge in [0.2, 0.25) is 0 Å². The number of amides is 1. The van der Waals surface area contributed by atoms with Crippen LogP contribution in [-0.2, 0) is 0 Å². The molecule has 2 aromatic rings. The number of halogens is 1. The molecule has 0 saturated carbocycles. The summed E-state index contributed by atoms with van der Waals surface area (Å²) < 4.78 is 12.3. The van der Waals surface area contributed by atoms with E-state index in [4.69, 9.17) is 9.47 Å². The largest absolute Gasteiger partial charge is 0.494 e. The first-order chi connectivity index (χ1) is 14.6. The number of hydrogen-bond donors (Lipinski definition) is 1. The lowest BCUT2D eigenvalue weighted by Crippen LogP contribution is -2.12. The Labute approximate surface area is 189 Å². The molecule has 2 aromatic carbocycles. The van der Waals surface area contributed by atoms with Crippen LogP contribution in [0.5, 0.6) is 11.5 Å². The third-order valence-corrected chi connectivity index (χ3v) is 5.45. The molecule has 2 rings (SSSR count). The highest BCUT2D eigenvalue weighted by atomic mass is 79.9. The number of hydrogen-bond acceptors (Lipinski definition) is 3. The SMILES string of the molecule is CCCCCCOc1ccc(NC(=O)c2ccc(OCCCCCC)c(Br)c2)cc1. The van der Waals surface area contributed by atoms with Crippen LogP contribution < -0.4 is 14.8 Å². The van der Waals surface area contributed by atoms with Crippen LogP contribution >= 0.6 is 15.9 Å². The molecule has 0 fully saturated rings. The topological polar surface area (TPSA) is 47.6 Å². The van der Waals surface area contributed by atoms with Gasteiger partial charge in [-0.3, -0.25) is 4.79 Å². The Morgan fingerprint density at radius 3 is 2.07 bits per heavy atom. The number of ether oxygens (including phenoxy) is 2. The van der Waals surface area contributed by atoms with E-state index in [1.165, 1.54) is 38.5 Å². The summed E-state index contributed by atoms with van der Waals surface area (Å²) in [5.41, 5.74) is 1.32. The maximum absolute atomic E-state index is 12.6. The maximum atomic E-state index is 12.6. The van der Waals surface area contributed by atoms with Crippen LogP contribution in [0.3, 0.4) is 0 Å². The number of rotatable bonds is 14. The van der Waals surface area contributed by atoms with Gasteiger partial charge in [-0.05, 0) is 71.2 Å². The molecular formula is C25H34BrNO3. The Kier molecular flexibility index (Phi) is 11.4. The molecule has 0 unspecified atom stereocenters. The van der Waals surface area contributed by atoms with E-state index in [-0.39, 0.29) is 5.91 Å². The Balaban J connectivity index is 1.81. The average Bonchev–Trinajstić information content (AvgIpc) is 2.75. The number of anilines is 1. The van der Waals surface area contributed by atoms with Crippen LogP contribution in [0.1, 0.15) is 75.6 Å². The molecule has 0 aliphatic rings. The van der Waals surface area contributed by atoms with Crippen molar-refractivity contribution in [1.82, 2.24) is 0 Å². The highest BCUT2D eigenvalue weighted by Gasteiger charge is 2.10. The number of unbranched alkanes of at least 4 members (excludes halogenated alkanes) is 6. The molecule has 0 aromatic heterocycles. The lowest BCUT2D eigenvalue weighted by molar-refractivity contribution is 0.102. The van der Waals surface area contributed by atoms with Gasteiger partial charge in [0.1, 0.15) is 11.5 Å². The molecular weight excluding hydrogens is 442 g/mol. The lowest BCUT2D eigenvalue weighted by atomic mass is 10.2. The molecule has 0 saturated heterocycles. The van der Waals surface area contributed by atoms with Crippen LogP contribution in [-0.4, -0.2) is 19.1 Å². The van der Waals surface area contributed by atoms with Crippen molar-refractivity contribution in [3.05, 3.63) is 52.5 Å². The van der Waals surface area contributed by atoms with Gasteiger partial charge in [0.15, 0.2) is 0 Å². The summed E-state index contributed by atoms with van der Waals surface area (Å²) >= 11 is 3.51. The minimum absolute atomic E-state index is 0.154. The molecule has 0 bridgehead atoms. The molecule has 0 heterocycles. The number of benzene rings is 2. The van der Waals surface area contributed by atoms with Gasteiger partial charge in [-0.2, -0.15) is 0 Å². The van der Waals surface area contributed by atoms with Crippen molar-refractivity contribution >= 4 is 27.5 Å². The molecule has 1 amide bonds. The van der Waals surface area contributed by atoms with E-state index in [0.29, 0.717) is 12.2 Å². The molecule has 5 heteroatoms. The van der Waals surface area contributed by atoms with Gasteiger partial charge >= 0.3 is 0 Å². The van der Waals surface area contributed by atoms with Gasteiger partial charge in [0.05, 0.1) is 17.7 Å². The molecule has 30 heavy (non-hydrogen) atoms. The first-order valence-electron chi connectivity index (χ1n) is 11.1.